The van der Waals surface area contributed by atoms with E-state index in [0.717, 1.165) is 35.1 Å². The maximum absolute atomic E-state index is 15.5. The molecular weight excluding hydrogens is 1020 g/mol. The first-order chi connectivity index (χ1) is 38.1. The fourth-order valence-corrected chi connectivity index (χ4v) is 9.03. The van der Waals surface area contributed by atoms with E-state index >= 15 is 4.39 Å². The van der Waals surface area contributed by atoms with Gasteiger partial charge >= 0.3 is 5.97 Å². The Kier molecular flexibility index (Phi) is 27.5. The lowest BCUT2D eigenvalue weighted by molar-refractivity contribution is -0.907. The average molecular weight is 1110 g/mol. The molecular formula is C57H85FN9O12+. The van der Waals surface area contributed by atoms with Gasteiger partial charge in [-0.25, -0.2) is 4.39 Å². The molecule has 1 atom stereocenters. The van der Waals surface area contributed by atoms with E-state index in [4.69, 9.17) is 44.6 Å². The number of nitrogens with zero attached hydrogens (tertiary/aromatic N) is 4. The summed E-state index contributed by atoms with van der Waals surface area (Å²) < 4.78 is 57.5. The monoisotopic (exact) mass is 1110 g/mol. The lowest BCUT2D eigenvalue weighted by Crippen LogP contribution is -2.52. The quantitative estimate of drug-likeness (QED) is 0.0271. The summed E-state index contributed by atoms with van der Waals surface area (Å²) in [5, 5.41) is 26.6. The van der Waals surface area contributed by atoms with Crippen molar-refractivity contribution in [3.8, 4) is 22.6 Å². The molecule has 4 aromatic rings. The number of rotatable bonds is 42. The molecule has 22 heteroatoms. The van der Waals surface area contributed by atoms with Gasteiger partial charge in [0.2, 0.25) is 17.7 Å². The number of carbonyl (C=O) groups excluding carboxylic acids is 3. The van der Waals surface area contributed by atoms with Gasteiger partial charge in [0, 0.05) is 38.3 Å². The van der Waals surface area contributed by atoms with Gasteiger partial charge in [0.1, 0.15) is 36.2 Å². The number of ether oxygens (including phenoxy) is 7. The molecule has 0 saturated heterocycles. The molecule has 1 fully saturated rings. The summed E-state index contributed by atoms with van der Waals surface area (Å²) in [5.41, 5.74) is 15.3. The van der Waals surface area contributed by atoms with Crippen LogP contribution in [-0.2, 0) is 69.0 Å². The minimum absolute atomic E-state index is 0.0398. The molecule has 1 saturated carbocycles. The lowest BCUT2D eigenvalue weighted by atomic mass is 9.82. The lowest BCUT2D eigenvalue weighted by Gasteiger charge is -2.34. The molecule has 0 aliphatic heterocycles. The highest BCUT2D eigenvalue weighted by atomic mass is 19.1. The highest BCUT2D eigenvalue weighted by Crippen LogP contribution is 2.45. The topological polar surface area (TPSA) is 272 Å². The van der Waals surface area contributed by atoms with E-state index in [9.17, 15) is 24.3 Å². The van der Waals surface area contributed by atoms with Crippen molar-refractivity contribution in [3.63, 3.8) is 0 Å². The van der Waals surface area contributed by atoms with Crippen LogP contribution >= 0.6 is 0 Å². The zero-order valence-corrected chi connectivity index (χ0v) is 46.6. The van der Waals surface area contributed by atoms with E-state index in [0.29, 0.717) is 145 Å². The van der Waals surface area contributed by atoms with Crippen LogP contribution in [-0.4, -0.2) is 174 Å². The largest absolute Gasteiger partial charge is 0.497 e. The van der Waals surface area contributed by atoms with Crippen LogP contribution in [0.15, 0.2) is 66.9 Å². The van der Waals surface area contributed by atoms with Gasteiger partial charge in [-0.05, 0) is 89.1 Å². The van der Waals surface area contributed by atoms with Crippen LogP contribution < -0.4 is 36.9 Å². The van der Waals surface area contributed by atoms with Gasteiger partial charge in [0.25, 0.3) is 0 Å². The van der Waals surface area contributed by atoms with Crippen molar-refractivity contribution < 1.29 is 66.3 Å². The Labute approximate surface area is 464 Å². The number of nitrogens with two attached hydrogens (primary N) is 2. The normalized spacial score (nSPS) is 13.0. The summed E-state index contributed by atoms with van der Waals surface area (Å²) in [6.45, 7) is 11.3. The number of methoxy groups -OCH3 is 1. The number of likely N-dealkylation sites (N-methyl/N-ethyl adjacent to an activating group) is 1. The van der Waals surface area contributed by atoms with E-state index in [1.807, 2.05) is 49.6 Å². The number of amides is 3. The average Bonchev–Trinajstić information content (AvgIpc) is 4.21. The SMILES string of the molecule is COc1ccc(F)c(-c2ccc(COc3cccc([C@@H](CC(=O)O)C4CC4)c3)cc2CC(C)(C)Cn2cc(COCCOCCOCCOCCOCC(=O)NCC[N+](C)(CCC(=O)NCCN)CCC(=O)NCCN)nn2)c1. The van der Waals surface area contributed by atoms with Gasteiger partial charge in [-0.3, -0.25) is 23.9 Å². The number of benzene rings is 3. The van der Waals surface area contributed by atoms with Crippen LogP contribution in [0.5, 0.6) is 11.5 Å². The van der Waals surface area contributed by atoms with Crippen molar-refractivity contribution in [1.82, 2.24) is 30.9 Å². The Hall–Kier alpha value is -6.11. The van der Waals surface area contributed by atoms with Gasteiger partial charge in [-0.1, -0.05) is 49.4 Å². The maximum Gasteiger partial charge on any atom is 0.303 e. The molecule has 436 valence electrons. The molecule has 8 N–H and O–H groups in total. The third kappa shape index (κ3) is 24.4. The minimum atomic E-state index is -0.804. The Balaban J connectivity index is 0.948. The first kappa shape index (κ1) is 63.7. The predicted molar refractivity (Wildman–Crippen MR) is 294 cm³/mol. The Morgan fingerprint density at radius 3 is 2.01 bits per heavy atom. The fourth-order valence-electron chi connectivity index (χ4n) is 9.03. The molecule has 3 aromatic carbocycles. The van der Waals surface area contributed by atoms with Crippen molar-refractivity contribution >= 4 is 23.7 Å². The number of aliphatic carboxylic acids is 1. The molecule has 1 aliphatic rings. The van der Waals surface area contributed by atoms with Crippen LogP contribution in [0.25, 0.3) is 11.1 Å². The van der Waals surface area contributed by atoms with E-state index in [-0.39, 0.29) is 80.6 Å². The number of aromatic nitrogens is 3. The summed E-state index contributed by atoms with van der Waals surface area (Å²) in [7, 11) is 3.51. The molecule has 1 heterocycles. The van der Waals surface area contributed by atoms with Gasteiger partial charge < -0.3 is 70.2 Å². The predicted octanol–water partition coefficient (Wildman–Crippen LogP) is 3.98. The van der Waals surface area contributed by atoms with E-state index in [1.54, 1.807) is 23.9 Å². The summed E-state index contributed by atoms with van der Waals surface area (Å²) >= 11 is 0. The summed E-state index contributed by atoms with van der Waals surface area (Å²) in [4.78, 5) is 48.5. The molecule has 0 unspecified atom stereocenters. The summed E-state index contributed by atoms with van der Waals surface area (Å²) in [6.07, 6.45) is 5.14. The number of carboxylic acids is 1. The van der Waals surface area contributed by atoms with Crippen molar-refractivity contribution in [2.24, 2.45) is 22.8 Å². The fraction of sp³-hybridized carbons (Fsp3) is 0.579. The number of carboxylic acid groups (broad SMARTS) is 1. The Bertz CT molecular complexity index is 2470. The number of halogens is 1. The number of quaternary nitrogens is 1. The zero-order chi connectivity index (χ0) is 56.9. The number of hydrogen-bond acceptors (Lipinski definition) is 15. The number of carbonyl (C=O) groups is 4. The van der Waals surface area contributed by atoms with Gasteiger partial charge in [0.15, 0.2) is 0 Å². The molecule has 79 heavy (non-hydrogen) atoms. The Morgan fingerprint density at radius 2 is 1.39 bits per heavy atom. The second kappa shape index (κ2) is 34.1. The standard InChI is InChI=1S/C57H84FN9O12/c1-57(2,36-45-32-42(8-12-49(45)51-34-47(73-4)11-13-52(51)58)38-79-48-7-5-6-44(33-48)50(35-56(71)72)43-9-10-43)41-66-37-46(64-65-66)39-77-30-28-75-26-24-74-25-27-76-29-31-78-40-55(70)63-20-23-67(3,21-14-53(68)61-18-16-59)22-15-54(69)62-19-17-60/h5-8,11-13,32-34,37,43,50H,9-10,14-31,35-36,38-41,59-60H2,1-4H3,(H3-,61,62,63,68,69,70,71,72)/p+1/t50-/m0/s1. The molecule has 1 aliphatic carbocycles. The molecule has 0 bridgehead atoms. The molecule has 0 spiro atoms. The highest BCUT2D eigenvalue weighted by Gasteiger charge is 2.34. The van der Waals surface area contributed by atoms with Crippen molar-refractivity contribution in [2.75, 3.05) is 126 Å². The second-order valence-electron chi connectivity index (χ2n) is 20.8. The maximum atomic E-state index is 15.5. The first-order valence-corrected chi connectivity index (χ1v) is 27.3. The second-order valence-corrected chi connectivity index (χ2v) is 20.8. The van der Waals surface area contributed by atoms with Gasteiger partial charge in [0.05, 0.1) is 125 Å². The van der Waals surface area contributed by atoms with Crippen molar-refractivity contribution in [3.05, 3.63) is 95.1 Å². The Morgan fingerprint density at radius 1 is 0.759 bits per heavy atom. The van der Waals surface area contributed by atoms with Gasteiger partial charge in [-0.2, -0.15) is 0 Å². The van der Waals surface area contributed by atoms with E-state index in [2.05, 4.69) is 46.2 Å². The minimum Gasteiger partial charge on any atom is -0.497 e. The summed E-state index contributed by atoms with van der Waals surface area (Å²) in [6, 6.07) is 18.4. The smallest absolute Gasteiger partial charge is 0.303 e. The van der Waals surface area contributed by atoms with E-state index < -0.39 is 5.97 Å². The molecule has 1 aromatic heterocycles. The summed E-state index contributed by atoms with van der Waals surface area (Å²) in [5.74, 6) is -0.102. The van der Waals surface area contributed by atoms with Crippen LogP contribution in [0, 0.1) is 17.2 Å². The first-order valence-electron chi connectivity index (χ1n) is 27.3. The number of hydrogen-bond donors (Lipinski definition) is 6. The van der Waals surface area contributed by atoms with Crippen LogP contribution in [0.3, 0.4) is 0 Å². The molecule has 21 nitrogen and oxygen atoms in total. The molecule has 3 amide bonds. The van der Waals surface area contributed by atoms with Gasteiger partial charge in [-0.15, -0.1) is 5.10 Å². The number of nitrogens with one attached hydrogen (secondary N) is 3. The van der Waals surface area contributed by atoms with Crippen LogP contribution in [0.1, 0.15) is 74.3 Å². The van der Waals surface area contributed by atoms with Crippen molar-refractivity contribution in [1.29, 1.82) is 0 Å². The van der Waals surface area contributed by atoms with Crippen LogP contribution in [0.2, 0.25) is 0 Å². The molecule has 0 radical (unpaired) electrons. The third-order valence-electron chi connectivity index (χ3n) is 13.4. The highest BCUT2D eigenvalue weighted by molar-refractivity contribution is 5.77. The zero-order valence-electron chi connectivity index (χ0n) is 46.6. The molecule has 5 rings (SSSR count). The van der Waals surface area contributed by atoms with Crippen molar-refractivity contribution in [2.45, 2.75) is 78.0 Å². The third-order valence-corrected chi connectivity index (χ3v) is 13.4. The van der Waals surface area contributed by atoms with E-state index in [1.165, 1.54) is 6.07 Å². The van der Waals surface area contributed by atoms with Crippen LogP contribution in [0.4, 0.5) is 4.39 Å².